The molecule has 124 valence electrons. The van der Waals surface area contributed by atoms with Crippen LogP contribution in [0.1, 0.15) is 36.1 Å². The first-order valence-electron chi connectivity index (χ1n) is 7.19. The monoisotopic (exact) mass is 345 g/mol. The molecule has 0 radical (unpaired) electrons. The minimum Gasteiger partial charge on any atom is -0.338 e. The maximum atomic E-state index is 12.5. The quantitative estimate of drug-likeness (QED) is 0.854. The van der Waals surface area contributed by atoms with Crippen LogP contribution in [0.15, 0.2) is 10.6 Å². The molecule has 1 amide bonds. The van der Waals surface area contributed by atoms with E-state index in [1.165, 1.54) is 11.3 Å². The van der Waals surface area contributed by atoms with E-state index in [1.807, 2.05) is 6.92 Å². The number of nitrogens with zero attached hydrogens (tertiary/aromatic N) is 3. The van der Waals surface area contributed by atoms with Crippen LogP contribution in [0.5, 0.6) is 0 Å². The van der Waals surface area contributed by atoms with Crippen molar-refractivity contribution in [1.82, 2.24) is 15.0 Å². The molecule has 3 heterocycles. The van der Waals surface area contributed by atoms with E-state index < -0.39 is 12.1 Å². The van der Waals surface area contributed by atoms with Crippen LogP contribution in [-0.4, -0.2) is 27.5 Å². The number of thiophene rings is 1. The number of alkyl halides is 3. The normalized spacial score (nSPS) is 14.9. The van der Waals surface area contributed by atoms with Gasteiger partial charge in [0, 0.05) is 24.4 Å². The van der Waals surface area contributed by atoms with Gasteiger partial charge in [-0.25, -0.2) is 0 Å². The van der Waals surface area contributed by atoms with Crippen molar-refractivity contribution < 1.29 is 22.5 Å². The van der Waals surface area contributed by atoms with Crippen LogP contribution in [0, 0.1) is 0 Å². The van der Waals surface area contributed by atoms with Crippen molar-refractivity contribution >= 4 is 17.2 Å². The van der Waals surface area contributed by atoms with E-state index >= 15 is 0 Å². The molecule has 1 aliphatic heterocycles. The van der Waals surface area contributed by atoms with Gasteiger partial charge in [-0.15, -0.1) is 11.3 Å². The molecule has 0 N–H and O–H groups in total. The lowest BCUT2D eigenvalue weighted by Gasteiger charge is -2.26. The Balaban J connectivity index is 1.81. The first kappa shape index (κ1) is 16.0. The molecule has 0 saturated heterocycles. The third-order valence-electron chi connectivity index (χ3n) is 3.57. The van der Waals surface area contributed by atoms with E-state index in [2.05, 4.69) is 14.7 Å². The number of amides is 1. The third-order valence-corrected chi connectivity index (χ3v) is 4.81. The van der Waals surface area contributed by atoms with Crippen molar-refractivity contribution in [3.63, 3.8) is 0 Å². The number of hydrogen-bond donors (Lipinski definition) is 0. The molecule has 0 atom stereocenters. The van der Waals surface area contributed by atoms with E-state index in [4.69, 9.17) is 0 Å². The van der Waals surface area contributed by atoms with Crippen molar-refractivity contribution in [2.24, 2.45) is 0 Å². The molecular weight excluding hydrogens is 331 g/mol. The van der Waals surface area contributed by atoms with Gasteiger partial charge in [-0.3, -0.25) is 4.79 Å². The predicted molar refractivity (Wildman–Crippen MR) is 76.6 cm³/mol. The van der Waals surface area contributed by atoms with E-state index in [-0.39, 0.29) is 11.7 Å². The third kappa shape index (κ3) is 3.24. The standard InChI is InChI=1S/C14H14F3N3O2S/c1-2-3-11(21)20-5-4-9-8(7-20)6-10(23-9)12-18-13(22-19-12)14(15,16)17/h6H,2-5,7H2,1H3. The average molecular weight is 345 g/mol. The molecule has 9 heteroatoms. The van der Waals surface area contributed by atoms with Crippen LogP contribution < -0.4 is 0 Å². The van der Waals surface area contributed by atoms with E-state index in [0.29, 0.717) is 30.8 Å². The second-order valence-electron chi connectivity index (χ2n) is 5.30. The summed E-state index contributed by atoms with van der Waals surface area (Å²) in [6, 6.07) is 1.75. The summed E-state index contributed by atoms with van der Waals surface area (Å²) in [6.07, 6.45) is -2.66. The fourth-order valence-electron chi connectivity index (χ4n) is 2.47. The maximum Gasteiger partial charge on any atom is 0.471 e. The summed E-state index contributed by atoms with van der Waals surface area (Å²) < 4.78 is 41.8. The summed E-state index contributed by atoms with van der Waals surface area (Å²) in [6.45, 7) is 3.06. The second-order valence-corrected chi connectivity index (χ2v) is 6.43. The summed E-state index contributed by atoms with van der Waals surface area (Å²) in [5, 5.41) is 3.40. The van der Waals surface area contributed by atoms with Gasteiger partial charge in [0.15, 0.2) is 0 Å². The van der Waals surface area contributed by atoms with Crippen molar-refractivity contribution in [1.29, 1.82) is 0 Å². The molecular formula is C14H14F3N3O2S. The van der Waals surface area contributed by atoms with Gasteiger partial charge >= 0.3 is 12.1 Å². The Morgan fingerprint density at radius 1 is 1.48 bits per heavy atom. The van der Waals surface area contributed by atoms with Gasteiger partial charge in [0.05, 0.1) is 4.88 Å². The summed E-state index contributed by atoms with van der Waals surface area (Å²) in [7, 11) is 0. The van der Waals surface area contributed by atoms with Gasteiger partial charge in [-0.05, 0) is 24.5 Å². The summed E-state index contributed by atoms with van der Waals surface area (Å²) in [5.74, 6) is -1.31. The Morgan fingerprint density at radius 2 is 2.26 bits per heavy atom. The first-order chi connectivity index (χ1) is 10.9. The smallest absolute Gasteiger partial charge is 0.338 e. The minimum atomic E-state index is -4.65. The topological polar surface area (TPSA) is 59.2 Å². The number of fused-ring (bicyclic) bond motifs is 1. The lowest BCUT2D eigenvalue weighted by atomic mass is 10.1. The van der Waals surface area contributed by atoms with E-state index in [9.17, 15) is 18.0 Å². The zero-order valence-corrected chi connectivity index (χ0v) is 13.1. The zero-order valence-electron chi connectivity index (χ0n) is 12.3. The van der Waals surface area contributed by atoms with Gasteiger partial charge < -0.3 is 9.42 Å². The molecule has 0 aromatic carbocycles. The number of aromatic nitrogens is 2. The Labute approximate surface area is 134 Å². The highest BCUT2D eigenvalue weighted by molar-refractivity contribution is 7.15. The minimum absolute atomic E-state index is 0.0665. The maximum absolute atomic E-state index is 12.5. The number of carbonyl (C=O) groups excluding carboxylic acids is 1. The molecule has 0 unspecified atom stereocenters. The zero-order chi connectivity index (χ0) is 16.6. The highest BCUT2D eigenvalue weighted by Gasteiger charge is 2.38. The number of rotatable bonds is 3. The van der Waals surface area contributed by atoms with Crippen LogP contribution in [0.2, 0.25) is 0 Å². The first-order valence-corrected chi connectivity index (χ1v) is 8.00. The molecule has 3 rings (SSSR count). The van der Waals surface area contributed by atoms with Crippen molar-refractivity contribution in [3.8, 4) is 10.7 Å². The van der Waals surface area contributed by atoms with Gasteiger partial charge in [-0.1, -0.05) is 12.1 Å². The van der Waals surface area contributed by atoms with Gasteiger partial charge in [0.25, 0.3) is 0 Å². The Morgan fingerprint density at radius 3 is 2.91 bits per heavy atom. The largest absolute Gasteiger partial charge is 0.471 e. The van der Waals surface area contributed by atoms with Gasteiger partial charge in [0.1, 0.15) is 0 Å². The van der Waals surface area contributed by atoms with Crippen LogP contribution in [0.4, 0.5) is 13.2 Å². The number of hydrogen-bond acceptors (Lipinski definition) is 5. The molecule has 0 aliphatic carbocycles. The molecule has 0 saturated carbocycles. The summed E-state index contributed by atoms with van der Waals surface area (Å²) in [4.78, 5) is 18.7. The Kier molecular flexibility index (Phi) is 4.13. The second kappa shape index (κ2) is 5.95. The highest BCUT2D eigenvalue weighted by atomic mass is 32.1. The molecule has 2 aromatic rings. The van der Waals surface area contributed by atoms with Crippen LogP contribution in [0.3, 0.4) is 0 Å². The molecule has 2 aromatic heterocycles. The lowest BCUT2D eigenvalue weighted by molar-refractivity contribution is -0.159. The van der Waals surface area contributed by atoms with E-state index in [1.54, 1.807) is 11.0 Å². The molecule has 1 aliphatic rings. The lowest BCUT2D eigenvalue weighted by Crippen LogP contribution is -2.35. The molecule has 23 heavy (non-hydrogen) atoms. The van der Waals surface area contributed by atoms with Crippen LogP contribution >= 0.6 is 11.3 Å². The summed E-state index contributed by atoms with van der Waals surface area (Å²) in [5.41, 5.74) is 0.944. The van der Waals surface area contributed by atoms with Crippen LogP contribution in [0.25, 0.3) is 10.7 Å². The predicted octanol–water partition coefficient (Wildman–Crippen LogP) is 3.50. The van der Waals surface area contributed by atoms with Crippen molar-refractivity contribution in [2.45, 2.75) is 38.9 Å². The van der Waals surface area contributed by atoms with Crippen LogP contribution in [-0.2, 0) is 23.9 Å². The van der Waals surface area contributed by atoms with Gasteiger partial charge in [-0.2, -0.15) is 18.2 Å². The summed E-state index contributed by atoms with van der Waals surface area (Å²) >= 11 is 1.35. The molecule has 5 nitrogen and oxygen atoms in total. The van der Waals surface area contributed by atoms with Crippen molar-refractivity contribution in [3.05, 3.63) is 22.4 Å². The molecule has 0 bridgehead atoms. The Bertz CT molecular complexity index is 723. The van der Waals surface area contributed by atoms with Gasteiger partial charge in [0.2, 0.25) is 11.7 Å². The highest BCUT2D eigenvalue weighted by Crippen LogP contribution is 2.35. The molecule has 0 fully saturated rings. The fraction of sp³-hybridized carbons (Fsp3) is 0.500. The number of halogens is 3. The van der Waals surface area contributed by atoms with Crippen molar-refractivity contribution in [2.75, 3.05) is 6.54 Å². The Hall–Kier alpha value is -1.90. The van der Waals surface area contributed by atoms with E-state index in [0.717, 1.165) is 16.9 Å². The number of carbonyl (C=O) groups is 1. The SMILES string of the molecule is CCCC(=O)N1CCc2sc(-c3noc(C(F)(F)F)n3)cc2C1. The fourth-order valence-corrected chi connectivity index (χ4v) is 3.56. The molecule has 0 spiro atoms. The average Bonchev–Trinajstić information content (AvgIpc) is 3.12.